The molecule has 0 aliphatic carbocycles. The van der Waals surface area contributed by atoms with E-state index >= 15 is 0 Å². The van der Waals surface area contributed by atoms with Crippen LogP contribution in [0.1, 0.15) is 0 Å². The second kappa shape index (κ2) is 3.18. The number of sulfonamides is 1. The van der Waals surface area contributed by atoms with Crippen molar-refractivity contribution in [2.45, 2.75) is 4.90 Å². The Hall–Kier alpha value is -1.14. The predicted molar refractivity (Wildman–Crippen MR) is 55.3 cm³/mol. The standard InChI is InChI=1S/C8H6ClFN2O2S/c1-12-6-4-5(10)2-3-7(6)15(13,14)11-8(12)9/h2-4H,1H3. The van der Waals surface area contributed by atoms with Gasteiger partial charge >= 0.3 is 0 Å². The summed E-state index contributed by atoms with van der Waals surface area (Å²) in [5.74, 6) is -0.526. The van der Waals surface area contributed by atoms with Gasteiger partial charge in [-0.1, -0.05) is 0 Å². The van der Waals surface area contributed by atoms with E-state index in [-0.39, 0.29) is 15.9 Å². The zero-order valence-corrected chi connectivity index (χ0v) is 9.18. The molecule has 0 saturated heterocycles. The van der Waals surface area contributed by atoms with Crippen LogP contribution in [0.2, 0.25) is 0 Å². The van der Waals surface area contributed by atoms with E-state index in [1.807, 2.05) is 0 Å². The van der Waals surface area contributed by atoms with Gasteiger partial charge in [0.05, 0.1) is 5.69 Å². The molecule has 0 bridgehead atoms. The molecule has 15 heavy (non-hydrogen) atoms. The Kier molecular flexibility index (Phi) is 2.20. The molecule has 1 aromatic rings. The number of anilines is 1. The Morgan fingerprint density at radius 2 is 2.13 bits per heavy atom. The van der Waals surface area contributed by atoms with Gasteiger partial charge in [0.15, 0.2) is 0 Å². The predicted octanol–water partition coefficient (Wildman–Crippen LogP) is 1.56. The van der Waals surface area contributed by atoms with E-state index in [0.717, 1.165) is 12.1 Å². The largest absolute Gasteiger partial charge is 0.318 e. The maximum Gasteiger partial charge on any atom is 0.287 e. The number of benzene rings is 1. The molecular weight excluding hydrogens is 243 g/mol. The van der Waals surface area contributed by atoms with Gasteiger partial charge in [0.1, 0.15) is 10.7 Å². The summed E-state index contributed by atoms with van der Waals surface area (Å²) in [5, 5.41) is -0.201. The molecule has 0 unspecified atom stereocenters. The normalized spacial score (nSPS) is 18.3. The first-order valence-electron chi connectivity index (χ1n) is 3.95. The fourth-order valence-electron chi connectivity index (χ4n) is 1.28. The molecule has 0 spiro atoms. The number of nitrogens with zero attached hydrogens (tertiary/aromatic N) is 2. The van der Waals surface area contributed by atoms with Crippen LogP contribution in [0.4, 0.5) is 10.1 Å². The lowest BCUT2D eigenvalue weighted by Gasteiger charge is -2.23. The third-order valence-corrected chi connectivity index (χ3v) is 3.79. The Balaban J connectivity index is 2.78. The maximum atomic E-state index is 12.9. The third kappa shape index (κ3) is 1.59. The highest BCUT2D eigenvalue weighted by molar-refractivity contribution is 7.90. The minimum Gasteiger partial charge on any atom is -0.318 e. The van der Waals surface area contributed by atoms with Gasteiger partial charge in [-0.3, -0.25) is 0 Å². The van der Waals surface area contributed by atoms with Crippen molar-refractivity contribution < 1.29 is 12.8 Å². The fourth-order valence-corrected chi connectivity index (χ4v) is 2.76. The van der Waals surface area contributed by atoms with Gasteiger partial charge in [-0.15, -0.1) is 4.40 Å². The van der Waals surface area contributed by atoms with Gasteiger partial charge in [0.25, 0.3) is 10.0 Å². The summed E-state index contributed by atoms with van der Waals surface area (Å²) in [5.41, 5.74) is 0.190. The second-order valence-electron chi connectivity index (χ2n) is 3.01. The average Bonchev–Trinajstić information content (AvgIpc) is 2.13. The number of hydrogen-bond donors (Lipinski definition) is 0. The van der Waals surface area contributed by atoms with E-state index in [1.165, 1.54) is 18.0 Å². The molecule has 0 saturated carbocycles. The lowest BCUT2D eigenvalue weighted by molar-refractivity contribution is 0.595. The van der Waals surface area contributed by atoms with E-state index in [4.69, 9.17) is 11.6 Å². The molecule has 0 fully saturated rings. The molecule has 0 atom stereocenters. The molecule has 0 aromatic heterocycles. The first-order chi connectivity index (χ1) is 6.92. The summed E-state index contributed by atoms with van der Waals surface area (Å²) in [4.78, 5) is 1.26. The Labute approximate surface area is 91.0 Å². The lowest BCUT2D eigenvalue weighted by Crippen LogP contribution is -2.28. The van der Waals surface area contributed by atoms with Gasteiger partial charge < -0.3 is 4.90 Å². The lowest BCUT2D eigenvalue weighted by atomic mass is 10.3. The first kappa shape index (κ1) is 10.4. The summed E-state index contributed by atoms with van der Waals surface area (Å²) >= 11 is 5.61. The second-order valence-corrected chi connectivity index (χ2v) is 4.92. The molecule has 1 heterocycles. The number of halogens is 2. The molecule has 0 N–H and O–H groups in total. The zero-order valence-electron chi connectivity index (χ0n) is 7.61. The SMILES string of the molecule is CN1C(Cl)=NS(=O)(=O)c2ccc(F)cc21. The summed E-state index contributed by atoms with van der Waals surface area (Å²) in [6.45, 7) is 0. The van der Waals surface area contributed by atoms with E-state index in [1.54, 1.807) is 0 Å². The number of fused-ring (bicyclic) bond motifs is 1. The van der Waals surface area contributed by atoms with Gasteiger partial charge in [0.2, 0.25) is 5.29 Å². The van der Waals surface area contributed by atoms with Gasteiger partial charge in [-0.25, -0.2) is 4.39 Å². The molecule has 1 aliphatic rings. The van der Waals surface area contributed by atoms with Crippen LogP contribution in [0.25, 0.3) is 0 Å². The molecule has 0 amide bonds. The maximum absolute atomic E-state index is 12.9. The number of amidine groups is 1. The minimum absolute atomic E-state index is 0.0456. The van der Waals surface area contributed by atoms with Crippen molar-refractivity contribution in [2.75, 3.05) is 11.9 Å². The van der Waals surface area contributed by atoms with Gasteiger partial charge in [-0.05, 0) is 29.8 Å². The van der Waals surface area contributed by atoms with E-state index in [0.29, 0.717) is 0 Å². The van der Waals surface area contributed by atoms with Crippen molar-refractivity contribution in [3.8, 4) is 0 Å². The summed E-state index contributed by atoms with van der Waals surface area (Å²) in [7, 11) is -2.28. The summed E-state index contributed by atoms with van der Waals surface area (Å²) < 4.78 is 39.3. The Morgan fingerprint density at radius 3 is 2.80 bits per heavy atom. The van der Waals surface area contributed by atoms with Crippen molar-refractivity contribution in [3.63, 3.8) is 0 Å². The molecule has 4 nitrogen and oxygen atoms in total. The van der Waals surface area contributed by atoms with Crippen molar-refractivity contribution in [1.82, 2.24) is 0 Å². The van der Waals surface area contributed by atoms with Crippen LogP contribution in [0.3, 0.4) is 0 Å². The quantitative estimate of drug-likeness (QED) is 0.655. The average molecular weight is 249 g/mol. The van der Waals surface area contributed by atoms with Crippen LogP contribution in [0, 0.1) is 5.82 Å². The molecule has 1 aromatic carbocycles. The number of hydrogen-bond acceptors (Lipinski definition) is 3. The van der Waals surface area contributed by atoms with E-state index in [2.05, 4.69) is 4.40 Å². The van der Waals surface area contributed by atoms with Gasteiger partial charge in [-0.2, -0.15) is 8.42 Å². The molecule has 80 valence electrons. The Bertz CT molecular complexity index is 556. The Morgan fingerprint density at radius 1 is 1.47 bits per heavy atom. The van der Waals surface area contributed by atoms with Crippen LogP contribution in [0.15, 0.2) is 27.5 Å². The zero-order chi connectivity index (χ0) is 11.2. The van der Waals surface area contributed by atoms with Crippen molar-refractivity contribution in [1.29, 1.82) is 0 Å². The minimum atomic E-state index is -3.79. The molecule has 1 aliphatic heterocycles. The van der Waals surface area contributed by atoms with Crippen LogP contribution in [-0.4, -0.2) is 20.8 Å². The summed E-state index contributed by atoms with van der Waals surface area (Å²) in [6.07, 6.45) is 0. The highest BCUT2D eigenvalue weighted by Gasteiger charge is 2.28. The first-order valence-corrected chi connectivity index (χ1v) is 5.77. The highest BCUT2D eigenvalue weighted by atomic mass is 35.5. The van der Waals surface area contributed by atoms with Crippen LogP contribution >= 0.6 is 11.6 Å². The van der Waals surface area contributed by atoms with Crippen molar-refractivity contribution >= 4 is 32.6 Å². The van der Waals surface area contributed by atoms with Crippen LogP contribution in [0.5, 0.6) is 0 Å². The molecule has 0 radical (unpaired) electrons. The van der Waals surface area contributed by atoms with E-state index < -0.39 is 15.8 Å². The van der Waals surface area contributed by atoms with Crippen LogP contribution < -0.4 is 4.90 Å². The van der Waals surface area contributed by atoms with Crippen molar-refractivity contribution in [2.24, 2.45) is 4.40 Å². The highest BCUT2D eigenvalue weighted by Crippen LogP contribution is 2.31. The molecular formula is C8H6ClFN2O2S. The van der Waals surface area contributed by atoms with Crippen LogP contribution in [-0.2, 0) is 10.0 Å². The molecule has 2 rings (SSSR count). The molecule has 7 heteroatoms. The fraction of sp³-hybridized carbons (Fsp3) is 0.125. The summed E-state index contributed by atoms with van der Waals surface area (Å²) in [6, 6.07) is 3.34. The van der Waals surface area contributed by atoms with E-state index in [9.17, 15) is 12.8 Å². The third-order valence-electron chi connectivity index (χ3n) is 2.03. The monoisotopic (exact) mass is 248 g/mol. The van der Waals surface area contributed by atoms with Gasteiger partial charge in [0, 0.05) is 7.05 Å². The smallest absolute Gasteiger partial charge is 0.287 e. The number of rotatable bonds is 0. The topological polar surface area (TPSA) is 49.7 Å². The van der Waals surface area contributed by atoms with Crippen molar-refractivity contribution in [3.05, 3.63) is 24.0 Å².